The van der Waals surface area contributed by atoms with E-state index in [1.54, 1.807) is 0 Å². The van der Waals surface area contributed by atoms with Crippen molar-refractivity contribution in [3.05, 3.63) is 35.0 Å². The van der Waals surface area contributed by atoms with Crippen LogP contribution in [-0.2, 0) is 13.1 Å². The first-order valence-electron chi connectivity index (χ1n) is 6.74. The van der Waals surface area contributed by atoms with Gasteiger partial charge >= 0.3 is 0 Å². The third-order valence-electron chi connectivity index (χ3n) is 3.24. The molecule has 0 aliphatic carbocycles. The van der Waals surface area contributed by atoms with Gasteiger partial charge < -0.3 is 9.88 Å². The molecular formula is C15H21ClN2. The van der Waals surface area contributed by atoms with Gasteiger partial charge in [-0.1, -0.05) is 37.9 Å². The number of unbranched alkanes of at least 4 members (excludes halogenated alkanes) is 1. The fourth-order valence-corrected chi connectivity index (χ4v) is 2.42. The van der Waals surface area contributed by atoms with E-state index in [1.807, 2.05) is 6.07 Å². The Bertz CT molecular complexity index is 516. The molecule has 2 nitrogen and oxygen atoms in total. The quantitative estimate of drug-likeness (QED) is 0.827. The van der Waals surface area contributed by atoms with Crippen LogP contribution < -0.4 is 5.32 Å². The molecule has 0 saturated heterocycles. The van der Waals surface area contributed by atoms with E-state index in [2.05, 4.69) is 42.1 Å². The first-order valence-corrected chi connectivity index (χ1v) is 7.12. The second kappa shape index (κ2) is 6.26. The smallest absolute Gasteiger partial charge is 0.0498 e. The minimum absolute atomic E-state index is 0.813. The number of benzene rings is 1. The summed E-state index contributed by atoms with van der Waals surface area (Å²) >= 11 is 6.11. The van der Waals surface area contributed by atoms with E-state index in [4.69, 9.17) is 11.6 Å². The van der Waals surface area contributed by atoms with Gasteiger partial charge in [0.1, 0.15) is 0 Å². The Morgan fingerprint density at radius 2 is 2.11 bits per heavy atom. The van der Waals surface area contributed by atoms with Crippen molar-refractivity contribution < 1.29 is 0 Å². The van der Waals surface area contributed by atoms with E-state index < -0.39 is 0 Å². The van der Waals surface area contributed by atoms with Crippen LogP contribution in [0, 0.1) is 0 Å². The fraction of sp³-hybridized carbons (Fsp3) is 0.467. The first-order chi connectivity index (χ1) is 8.76. The summed E-state index contributed by atoms with van der Waals surface area (Å²) in [6.45, 7) is 7.34. The number of nitrogens with one attached hydrogen (secondary N) is 1. The molecule has 1 N–H and O–H groups in total. The molecule has 0 fully saturated rings. The summed E-state index contributed by atoms with van der Waals surface area (Å²) < 4.78 is 2.33. The summed E-state index contributed by atoms with van der Waals surface area (Å²) in [5.41, 5.74) is 2.61. The number of halogens is 1. The molecule has 0 spiro atoms. The van der Waals surface area contributed by atoms with Crippen LogP contribution in [0.3, 0.4) is 0 Å². The van der Waals surface area contributed by atoms with Crippen molar-refractivity contribution in [3.63, 3.8) is 0 Å². The van der Waals surface area contributed by atoms with Crippen LogP contribution in [0.2, 0.25) is 5.02 Å². The van der Waals surface area contributed by atoms with E-state index in [0.29, 0.717) is 0 Å². The van der Waals surface area contributed by atoms with Crippen molar-refractivity contribution >= 4 is 22.5 Å². The predicted octanol–water partition coefficient (Wildman–Crippen LogP) is 4.20. The lowest BCUT2D eigenvalue weighted by Gasteiger charge is -2.03. The van der Waals surface area contributed by atoms with Crippen LogP contribution in [-0.4, -0.2) is 11.1 Å². The Kier molecular flexibility index (Phi) is 4.67. The maximum atomic E-state index is 6.11. The van der Waals surface area contributed by atoms with Crippen molar-refractivity contribution in [1.82, 2.24) is 9.88 Å². The van der Waals surface area contributed by atoms with Crippen LogP contribution in [0.25, 0.3) is 10.9 Å². The monoisotopic (exact) mass is 264 g/mol. The highest BCUT2D eigenvalue weighted by Gasteiger charge is 2.08. The molecule has 0 aliphatic rings. The largest absolute Gasteiger partial charge is 0.347 e. The molecule has 18 heavy (non-hydrogen) atoms. The molecule has 0 aliphatic heterocycles. The molecule has 0 saturated carbocycles. The molecular weight excluding hydrogens is 244 g/mol. The summed E-state index contributed by atoms with van der Waals surface area (Å²) in [5, 5.41) is 5.52. The first kappa shape index (κ1) is 13.4. The molecule has 0 radical (unpaired) electrons. The van der Waals surface area contributed by atoms with Crippen molar-refractivity contribution in [2.24, 2.45) is 0 Å². The second-order valence-electron chi connectivity index (χ2n) is 4.64. The Morgan fingerprint density at radius 3 is 2.83 bits per heavy atom. The Labute approximate surface area is 114 Å². The molecule has 1 aromatic carbocycles. The van der Waals surface area contributed by atoms with Crippen molar-refractivity contribution in [1.29, 1.82) is 0 Å². The molecule has 0 unspecified atom stereocenters. The zero-order valence-electron chi connectivity index (χ0n) is 11.2. The highest BCUT2D eigenvalue weighted by Crippen LogP contribution is 2.25. The van der Waals surface area contributed by atoms with Gasteiger partial charge in [-0.2, -0.15) is 0 Å². The average Bonchev–Trinajstić information content (AvgIpc) is 2.71. The number of aryl methyl sites for hydroxylation is 1. The van der Waals surface area contributed by atoms with Crippen LogP contribution >= 0.6 is 11.6 Å². The average molecular weight is 265 g/mol. The number of fused-ring (bicyclic) bond motifs is 1. The normalized spacial score (nSPS) is 11.3. The number of nitrogens with zero attached hydrogens (tertiary/aromatic N) is 1. The van der Waals surface area contributed by atoms with Gasteiger partial charge in [-0.25, -0.2) is 0 Å². The highest BCUT2D eigenvalue weighted by molar-refractivity contribution is 6.31. The Morgan fingerprint density at radius 1 is 1.28 bits per heavy atom. The van der Waals surface area contributed by atoms with E-state index in [-0.39, 0.29) is 0 Å². The lowest BCUT2D eigenvalue weighted by molar-refractivity contribution is 0.645. The van der Waals surface area contributed by atoms with Crippen molar-refractivity contribution in [2.75, 3.05) is 6.54 Å². The lowest BCUT2D eigenvalue weighted by Crippen LogP contribution is -2.11. The summed E-state index contributed by atoms with van der Waals surface area (Å²) in [6, 6.07) is 6.18. The minimum atomic E-state index is 0.813. The maximum Gasteiger partial charge on any atom is 0.0498 e. The summed E-state index contributed by atoms with van der Waals surface area (Å²) in [5.74, 6) is 0. The standard InChI is InChI=1S/C15H21ClN2/c1-3-5-8-18-11-12(10-17-4-2)14-7-6-13(16)9-15(14)18/h6-7,9,11,17H,3-5,8,10H2,1-2H3. The van der Waals surface area contributed by atoms with Gasteiger partial charge in [-0.05, 0) is 30.7 Å². The zero-order valence-corrected chi connectivity index (χ0v) is 11.9. The van der Waals surface area contributed by atoms with E-state index in [9.17, 15) is 0 Å². The number of rotatable bonds is 6. The molecule has 2 rings (SSSR count). The van der Waals surface area contributed by atoms with E-state index >= 15 is 0 Å². The summed E-state index contributed by atoms with van der Waals surface area (Å²) in [6.07, 6.45) is 4.68. The van der Waals surface area contributed by atoms with Crippen molar-refractivity contribution in [2.45, 2.75) is 39.8 Å². The van der Waals surface area contributed by atoms with Crippen molar-refractivity contribution in [3.8, 4) is 0 Å². The summed E-state index contributed by atoms with van der Waals surface area (Å²) in [4.78, 5) is 0. The van der Waals surface area contributed by atoms with Gasteiger partial charge in [0.15, 0.2) is 0 Å². The topological polar surface area (TPSA) is 17.0 Å². The third-order valence-corrected chi connectivity index (χ3v) is 3.48. The van der Waals surface area contributed by atoms with Gasteiger partial charge in [-0.3, -0.25) is 0 Å². The van der Waals surface area contributed by atoms with Crippen LogP contribution in [0.4, 0.5) is 0 Å². The van der Waals surface area contributed by atoms with Crippen LogP contribution in [0.1, 0.15) is 32.3 Å². The zero-order chi connectivity index (χ0) is 13.0. The molecule has 98 valence electrons. The molecule has 1 aromatic heterocycles. The molecule has 1 heterocycles. The molecule has 0 bridgehead atoms. The third kappa shape index (κ3) is 2.88. The predicted molar refractivity (Wildman–Crippen MR) is 79.2 cm³/mol. The van der Waals surface area contributed by atoms with Crippen LogP contribution in [0.5, 0.6) is 0 Å². The van der Waals surface area contributed by atoms with E-state index in [0.717, 1.165) is 24.7 Å². The van der Waals surface area contributed by atoms with Gasteiger partial charge in [-0.15, -0.1) is 0 Å². The SMILES string of the molecule is CCCCn1cc(CNCC)c2ccc(Cl)cc21. The van der Waals surface area contributed by atoms with Gasteiger partial charge in [0, 0.05) is 35.2 Å². The maximum absolute atomic E-state index is 6.11. The Hall–Kier alpha value is -0.990. The number of hydrogen-bond acceptors (Lipinski definition) is 1. The van der Waals surface area contributed by atoms with Crippen LogP contribution in [0.15, 0.2) is 24.4 Å². The Balaban J connectivity index is 2.39. The molecule has 2 aromatic rings. The molecule has 0 atom stereocenters. The number of aromatic nitrogens is 1. The fourth-order valence-electron chi connectivity index (χ4n) is 2.26. The second-order valence-corrected chi connectivity index (χ2v) is 5.08. The molecule has 3 heteroatoms. The molecule has 0 amide bonds. The highest BCUT2D eigenvalue weighted by atomic mass is 35.5. The van der Waals surface area contributed by atoms with Gasteiger partial charge in [0.05, 0.1) is 0 Å². The van der Waals surface area contributed by atoms with Gasteiger partial charge in [0.2, 0.25) is 0 Å². The lowest BCUT2D eigenvalue weighted by atomic mass is 10.2. The summed E-state index contributed by atoms with van der Waals surface area (Å²) in [7, 11) is 0. The number of hydrogen-bond donors (Lipinski definition) is 1. The van der Waals surface area contributed by atoms with Gasteiger partial charge in [0.25, 0.3) is 0 Å². The van der Waals surface area contributed by atoms with E-state index in [1.165, 1.54) is 29.3 Å². The minimum Gasteiger partial charge on any atom is -0.347 e.